The molecule has 1 aromatic heterocycles. The summed E-state index contributed by atoms with van der Waals surface area (Å²) in [7, 11) is 0. The van der Waals surface area contributed by atoms with Crippen molar-refractivity contribution in [2.24, 2.45) is 0 Å². The lowest BCUT2D eigenvalue weighted by Gasteiger charge is -2.27. The summed E-state index contributed by atoms with van der Waals surface area (Å²) in [5.41, 5.74) is -0.224. The molecule has 2 aromatic carbocycles. The lowest BCUT2D eigenvalue weighted by atomic mass is 10.1. The van der Waals surface area contributed by atoms with Crippen LogP contribution in [0.3, 0.4) is 0 Å². The maximum atomic E-state index is 13.1. The normalized spacial score (nSPS) is 13.4. The molecule has 1 saturated heterocycles. The molecular formula is C24H24Cl2N6O4. The molecule has 188 valence electrons. The lowest BCUT2D eigenvalue weighted by Crippen LogP contribution is -2.50. The van der Waals surface area contributed by atoms with Gasteiger partial charge in [0.1, 0.15) is 12.7 Å². The molecule has 0 saturated carbocycles. The number of benzene rings is 2. The number of carbonyl (C=O) groups is 2. The summed E-state index contributed by atoms with van der Waals surface area (Å²) in [6, 6.07) is 11.7. The van der Waals surface area contributed by atoms with E-state index in [2.05, 4.69) is 15.7 Å². The Bertz CT molecular complexity index is 1400. The van der Waals surface area contributed by atoms with Crippen molar-refractivity contribution < 1.29 is 9.59 Å². The predicted molar refractivity (Wildman–Crippen MR) is 136 cm³/mol. The molecule has 36 heavy (non-hydrogen) atoms. The van der Waals surface area contributed by atoms with Gasteiger partial charge in [-0.3, -0.25) is 14.4 Å². The molecule has 0 aliphatic carbocycles. The van der Waals surface area contributed by atoms with Crippen molar-refractivity contribution in [3.63, 3.8) is 0 Å². The van der Waals surface area contributed by atoms with E-state index in [0.29, 0.717) is 44.2 Å². The zero-order valence-corrected chi connectivity index (χ0v) is 20.8. The van der Waals surface area contributed by atoms with Gasteiger partial charge in [0, 0.05) is 37.7 Å². The number of piperazine rings is 1. The van der Waals surface area contributed by atoms with Crippen LogP contribution in [0.25, 0.3) is 5.69 Å². The number of nitrogens with one attached hydrogen (secondary N) is 2. The Balaban J connectivity index is 1.53. The number of hydrogen-bond acceptors (Lipinski definition) is 6. The quantitative estimate of drug-likeness (QED) is 0.472. The Morgan fingerprint density at radius 3 is 2.53 bits per heavy atom. The van der Waals surface area contributed by atoms with Gasteiger partial charge in [-0.05, 0) is 36.2 Å². The fraction of sp³-hybridized carbons (Fsp3) is 0.292. The predicted octanol–water partition coefficient (Wildman–Crippen LogP) is 1.11. The van der Waals surface area contributed by atoms with E-state index in [1.807, 2.05) is 18.2 Å². The minimum atomic E-state index is -0.793. The zero-order valence-electron chi connectivity index (χ0n) is 19.2. The Morgan fingerprint density at radius 2 is 1.78 bits per heavy atom. The zero-order chi connectivity index (χ0) is 25.7. The van der Waals surface area contributed by atoms with Crippen molar-refractivity contribution in [1.82, 2.24) is 29.9 Å². The van der Waals surface area contributed by atoms with Crippen molar-refractivity contribution in [3.05, 3.63) is 90.7 Å². The van der Waals surface area contributed by atoms with Gasteiger partial charge < -0.3 is 15.5 Å². The first-order valence-corrected chi connectivity index (χ1v) is 12.1. The van der Waals surface area contributed by atoms with Crippen molar-refractivity contribution in [3.8, 4) is 5.69 Å². The summed E-state index contributed by atoms with van der Waals surface area (Å²) >= 11 is 12.4. The highest BCUT2D eigenvalue weighted by Crippen LogP contribution is 2.19. The van der Waals surface area contributed by atoms with Crippen LogP contribution in [0, 0.1) is 0 Å². The van der Waals surface area contributed by atoms with Gasteiger partial charge in [0.15, 0.2) is 0 Å². The maximum Gasteiger partial charge on any atom is 0.352 e. The van der Waals surface area contributed by atoms with Crippen molar-refractivity contribution >= 4 is 35.0 Å². The third-order valence-corrected chi connectivity index (χ3v) is 6.50. The van der Waals surface area contributed by atoms with Gasteiger partial charge in [0.05, 0.1) is 16.3 Å². The molecule has 0 radical (unpaired) electrons. The standard InChI is InChI=1S/C24H24Cl2N6O4/c25-19-4-2-1-3-16(19)7-8-28-23(35)18-13-17(5-6-20(18)26)32-24(36)31(21(33)14-29-32)15-22(34)30-11-9-27-10-12-30/h1-6,13-14,27H,7-12,15H2,(H,28,35). The highest BCUT2D eigenvalue weighted by atomic mass is 35.5. The number of aromatic nitrogens is 3. The van der Waals surface area contributed by atoms with Crippen LogP contribution in [0.4, 0.5) is 0 Å². The number of rotatable bonds is 7. The Labute approximate surface area is 216 Å². The summed E-state index contributed by atoms with van der Waals surface area (Å²) in [4.78, 5) is 52.4. The second-order valence-corrected chi connectivity index (χ2v) is 8.97. The third-order valence-electron chi connectivity index (χ3n) is 5.80. The number of hydrogen-bond donors (Lipinski definition) is 2. The number of carbonyl (C=O) groups excluding carboxylic acids is 2. The van der Waals surface area contributed by atoms with Gasteiger partial charge in [-0.1, -0.05) is 41.4 Å². The average Bonchev–Trinajstić information content (AvgIpc) is 2.88. The van der Waals surface area contributed by atoms with Crippen LogP contribution in [0.5, 0.6) is 0 Å². The van der Waals surface area contributed by atoms with Crippen molar-refractivity contribution in [1.29, 1.82) is 0 Å². The number of halogens is 2. The van der Waals surface area contributed by atoms with Crippen LogP contribution < -0.4 is 21.9 Å². The van der Waals surface area contributed by atoms with Crippen LogP contribution >= 0.6 is 23.2 Å². The first-order valence-electron chi connectivity index (χ1n) is 11.3. The molecule has 2 heterocycles. The van der Waals surface area contributed by atoms with E-state index in [4.69, 9.17) is 23.2 Å². The van der Waals surface area contributed by atoms with Crippen molar-refractivity contribution in [2.45, 2.75) is 13.0 Å². The highest BCUT2D eigenvalue weighted by molar-refractivity contribution is 6.34. The lowest BCUT2D eigenvalue weighted by molar-refractivity contribution is -0.132. The summed E-state index contributed by atoms with van der Waals surface area (Å²) in [5, 5.41) is 10.6. The SMILES string of the molecule is O=C(NCCc1ccccc1Cl)c1cc(-n2ncc(=O)n(CC(=O)N3CCNCC3)c2=O)ccc1Cl. The topological polar surface area (TPSA) is 118 Å². The summed E-state index contributed by atoms with van der Waals surface area (Å²) in [6.07, 6.45) is 1.49. The molecule has 0 unspecified atom stereocenters. The highest BCUT2D eigenvalue weighted by Gasteiger charge is 2.20. The summed E-state index contributed by atoms with van der Waals surface area (Å²) in [6.45, 7) is 2.21. The van der Waals surface area contributed by atoms with Crippen LogP contribution in [0.15, 0.2) is 58.3 Å². The summed E-state index contributed by atoms with van der Waals surface area (Å²) in [5.74, 6) is -0.771. The minimum Gasteiger partial charge on any atom is -0.352 e. The second-order valence-electron chi connectivity index (χ2n) is 8.16. The largest absolute Gasteiger partial charge is 0.352 e. The second kappa shape index (κ2) is 11.5. The fourth-order valence-electron chi connectivity index (χ4n) is 3.83. The van der Waals surface area contributed by atoms with Gasteiger partial charge in [-0.2, -0.15) is 9.78 Å². The molecule has 1 aliphatic heterocycles. The molecule has 10 nitrogen and oxygen atoms in total. The molecule has 0 atom stereocenters. The molecule has 2 N–H and O–H groups in total. The maximum absolute atomic E-state index is 13.1. The van der Waals surface area contributed by atoms with E-state index in [0.717, 1.165) is 21.0 Å². The monoisotopic (exact) mass is 530 g/mol. The van der Waals surface area contributed by atoms with E-state index in [-0.39, 0.29) is 22.2 Å². The molecule has 2 amide bonds. The first-order chi connectivity index (χ1) is 17.3. The van der Waals surface area contributed by atoms with E-state index in [9.17, 15) is 19.2 Å². The van der Waals surface area contributed by atoms with Crippen LogP contribution in [-0.4, -0.2) is 63.8 Å². The number of amides is 2. The smallest absolute Gasteiger partial charge is 0.352 e. The van der Waals surface area contributed by atoms with E-state index < -0.39 is 23.7 Å². The van der Waals surface area contributed by atoms with Gasteiger partial charge >= 0.3 is 5.69 Å². The summed E-state index contributed by atoms with van der Waals surface area (Å²) < 4.78 is 1.79. The average molecular weight is 531 g/mol. The molecule has 3 aromatic rings. The molecule has 0 spiro atoms. The van der Waals surface area contributed by atoms with Crippen molar-refractivity contribution in [2.75, 3.05) is 32.7 Å². The minimum absolute atomic E-state index is 0.136. The van der Waals surface area contributed by atoms with Gasteiger partial charge in [-0.15, -0.1) is 0 Å². The Morgan fingerprint density at radius 1 is 1.03 bits per heavy atom. The first kappa shape index (κ1) is 25.6. The molecule has 0 bridgehead atoms. The van der Waals surface area contributed by atoms with Crippen LogP contribution in [0.2, 0.25) is 10.0 Å². The Kier molecular flexibility index (Phi) is 8.19. The van der Waals surface area contributed by atoms with Crippen LogP contribution in [-0.2, 0) is 17.8 Å². The molecule has 4 rings (SSSR count). The van der Waals surface area contributed by atoms with Crippen LogP contribution in [0.1, 0.15) is 15.9 Å². The number of nitrogens with zero attached hydrogens (tertiary/aromatic N) is 4. The fourth-order valence-corrected chi connectivity index (χ4v) is 4.27. The van der Waals surface area contributed by atoms with Gasteiger partial charge in [0.25, 0.3) is 11.5 Å². The molecule has 1 fully saturated rings. The molecular weight excluding hydrogens is 507 g/mol. The van der Waals surface area contributed by atoms with Gasteiger partial charge in [-0.25, -0.2) is 9.36 Å². The molecule has 12 heteroatoms. The molecule has 1 aliphatic rings. The van der Waals surface area contributed by atoms with E-state index >= 15 is 0 Å². The van der Waals surface area contributed by atoms with E-state index in [1.165, 1.54) is 18.2 Å². The third kappa shape index (κ3) is 5.84. The van der Waals surface area contributed by atoms with Gasteiger partial charge in [0.2, 0.25) is 5.91 Å². The van der Waals surface area contributed by atoms with E-state index in [1.54, 1.807) is 11.0 Å². The Hall–Kier alpha value is -3.47.